The summed E-state index contributed by atoms with van der Waals surface area (Å²) in [7, 11) is 0. The molecule has 0 unspecified atom stereocenters. The van der Waals surface area contributed by atoms with E-state index < -0.39 is 0 Å². The number of aryl methyl sites for hydroxylation is 3. The van der Waals surface area contributed by atoms with Gasteiger partial charge in [-0.3, -0.25) is 4.79 Å². The molecule has 0 fully saturated rings. The van der Waals surface area contributed by atoms with Gasteiger partial charge in [0.25, 0.3) is 5.91 Å². The Labute approximate surface area is 147 Å². The summed E-state index contributed by atoms with van der Waals surface area (Å²) in [6.07, 6.45) is 2.51. The molecule has 1 aliphatic rings. The molecule has 0 bridgehead atoms. The number of anilines is 1. The summed E-state index contributed by atoms with van der Waals surface area (Å²) in [5.41, 5.74) is 5.82. The van der Waals surface area contributed by atoms with Crippen molar-refractivity contribution in [2.24, 2.45) is 0 Å². The molecule has 4 heteroatoms. The summed E-state index contributed by atoms with van der Waals surface area (Å²) in [6, 6.07) is 17.5. The van der Waals surface area contributed by atoms with Crippen LogP contribution in [0, 0.1) is 0 Å². The molecule has 1 heterocycles. The largest absolute Gasteiger partial charge is 0.305 e. The number of nitrogens with zero attached hydrogens (tertiary/aromatic N) is 2. The molecule has 25 heavy (non-hydrogen) atoms. The van der Waals surface area contributed by atoms with Crippen molar-refractivity contribution in [2.75, 3.05) is 5.32 Å². The molecule has 0 atom stereocenters. The van der Waals surface area contributed by atoms with Crippen molar-refractivity contribution in [1.29, 1.82) is 0 Å². The van der Waals surface area contributed by atoms with Crippen molar-refractivity contribution < 1.29 is 4.79 Å². The maximum atomic E-state index is 12.5. The number of hydrogen-bond donors (Lipinski definition) is 1. The second-order valence-electron chi connectivity index (χ2n) is 6.15. The third-order valence-corrected chi connectivity index (χ3v) is 4.55. The first-order valence-corrected chi connectivity index (χ1v) is 8.60. The number of amides is 1. The number of aromatic nitrogens is 2. The lowest BCUT2D eigenvalue weighted by Gasteiger charge is -2.20. The second kappa shape index (κ2) is 6.48. The van der Waals surface area contributed by atoms with Gasteiger partial charge in [-0.2, -0.15) is 0 Å². The Morgan fingerprint density at radius 3 is 2.56 bits per heavy atom. The molecular formula is C21H19N3O. The van der Waals surface area contributed by atoms with Crippen molar-refractivity contribution in [2.45, 2.75) is 26.2 Å². The van der Waals surface area contributed by atoms with Gasteiger partial charge in [0.15, 0.2) is 5.82 Å². The zero-order valence-corrected chi connectivity index (χ0v) is 14.1. The van der Waals surface area contributed by atoms with Crippen LogP contribution in [0.4, 0.5) is 5.82 Å². The van der Waals surface area contributed by atoms with E-state index in [1.165, 1.54) is 5.56 Å². The summed E-state index contributed by atoms with van der Waals surface area (Å²) in [5, 5.41) is 2.94. The minimum atomic E-state index is -0.152. The Kier molecular flexibility index (Phi) is 4.02. The monoisotopic (exact) mass is 329 g/mol. The lowest BCUT2D eigenvalue weighted by Crippen LogP contribution is -2.18. The Morgan fingerprint density at radius 2 is 1.76 bits per heavy atom. The van der Waals surface area contributed by atoms with E-state index in [0.29, 0.717) is 17.8 Å². The summed E-state index contributed by atoms with van der Waals surface area (Å²) >= 11 is 0. The molecule has 4 nitrogen and oxygen atoms in total. The van der Waals surface area contributed by atoms with Gasteiger partial charge in [-0.1, -0.05) is 49.4 Å². The maximum Gasteiger partial charge on any atom is 0.256 e. The number of carbonyl (C=O) groups excluding carboxylic acids is 1. The van der Waals surface area contributed by atoms with Crippen LogP contribution < -0.4 is 5.32 Å². The first kappa shape index (κ1) is 15.5. The highest BCUT2D eigenvalue weighted by Gasteiger charge is 2.21. The standard InChI is InChI=1S/C21H19N3O/c1-2-17-20(24-21(25)15-9-4-3-5-10-15)23-18-13-12-14-8-6-7-11-16(14)19(18)22-17/h3-11H,2,12-13H2,1H3,(H,23,24,25). The quantitative estimate of drug-likeness (QED) is 0.788. The van der Waals surface area contributed by atoms with Crippen molar-refractivity contribution in [3.63, 3.8) is 0 Å². The van der Waals surface area contributed by atoms with Gasteiger partial charge in [-0.15, -0.1) is 0 Å². The molecule has 2 aromatic carbocycles. The molecule has 1 amide bonds. The van der Waals surface area contributed by atoms with Crippen molar-refractivity contribution >= 4 is 11.7 Å². The molecule has 0 saturated carbocycles. The van der Waals surface area contributed by atoms with Gasteiger partial charge in [-0.25, -0.2) is 9.97 Å². The van der Waals surface area contributed by atoms with E-state index in [1.807, 2.05) is 31.2 Å². The van der Waals surface area contributed by atoms with Crippen molar-refractivity contribution in [3.05, 3.63) is 77.1 Å². The Morgan fingerprint density at radius 1 is 1.00 bits per heavy atom. The van der Waals surface area contributed by atoms with Crippen molar-refractivity contribution in [1.82, 2.24) is 9.97 Å². The molecule has 0 radical (unpaired) electrons. The molecule has 4 rings (SSSR count). The number of fused-ring (bicyclic) bond motifs is 3. The van der Waals surface area contributed by atoms with Crippen LogP contribution in [0.5, 0.6) is 0 Å². The smallest absolute Gasteiger partial charge is 0.256 e. The number of nitrogens with one attached hydrogen (secondary N) is 1. The average Bonchev–Trinajstić information content (AvgIpc) is 2.68. The lowest BCUT2D eigenvalue weighted by molar-refractivity contribution is 0.102. The fourth-order valence-corrected chi connectivity index (χ4v) is 3.23. The van der Waals surface area contributed by atoms with E-state index in [0.717, 1.165) is 35.5 Å². The van der Waals surface area contributed by atoms with Crippen molar-refractivity contribution in [3.8, 4) is 11.3 Å². The first-order valence-electron chi connectivity index (χ1n) is 8.60. The number of rotatable bonds is 3. The normalized spacial score (nSPS) is 12.2. The molecule has 1 N–H and O–H groups in total. The summed E-state index contributed by atoms with van der Waals surface area (Å²) in [6.45, 7) is 2.03. The molecular weight excluding hydrogens is 310 g/mol. The van der Waals surface area contributed by atoms with Crippen LogP contribution in [0.25, 0.3) is 11.3 Å². The molecule has 124 valence electrons. The van der Waals surface area contributed by atoms with Gasteiger partial charge in [0, 0.05) is 11.1 Å². The first-order chi connectivity index (χ1) is 12.3. The topological polar surface area (TPSA) is 54.9 Å². The summed E-state index contributed by atoms with van der Waals surface area (Å²) in [5.74, 6) is 0.426. The van der Waals surface area contributed by atoms with Crippen LogP contribution in [0.15, 0.2) is 54.6 Å². The molecule has 3 aromatic rings. The van der Waals surface area contributed by atoms with E-state index in [4.69, 9.17) is 9.97 Å². The Hall–Kier alpha value is -3.01. The predicted molar refractivity (Wildman–Crippen MR) is 98.6 cm³/mol. The Bertz CT molecular complexity index is 935. The van der Waals surface area contributed by atoms with Gasteiger partial charge < -0.3 is 5.32 Å². The van der Waals surface area contributed by atoms with Gasteiger partial charge in [0.1, 0.15) is 0 Å². The zero-order valence-electron chi connectivity index (χ0n) is 14.1. The van der Waals surface area contributed by atoms with Gasteiger partial charge in [0.05, 0.1) is 17.1 Å². The highest BCUT2D eigenvalue weighted by molar-refractivity contribution is 6.04. The maximum absolute atomic E-state index is 12.5. The molecule has 0 spiro atoms. The number of carbonyl (C=O) groups is 1. The molecule has 0 aliphatic heterocycles. The van der Waals surface area contributed by atoms with Gasteiger partial charge in [0.2, 0.25) is 0 Å². The van der Waals surface area contributed by atoms with Crippen LogP contribution in [-0.2, 0) is 19.3 Å². The Balaban J connectivity index is 1.72. The van der Waals surface area contributed by atoms with Gasteiger partial charge in [-0.05, 0) is 37.0 Å². The summed E-state index contributed by atoms with van der Waals surface area (Å²) in [4.78, 5) is 22.1. The minimum Gasteiger partial charge on any atom is -0.305 e. The predicted octanol–water partition coefficient (Wildman–Crippen LogP) is 4.06. The highest BCUT2D eigenvalue weighted by atomic mass is 16.1. The molecule has 0 saturated heterocycles. The SMILES string of the molecule is CCc1nc2c(nc1NC(=O)c1ccccc1)CCc1ccccc1-2. The van der Waals surface area contributed by atoms with E-state index in [2.05, 4.69) is 23.5 Å². The number of hydrogen-bond acceptors (Lipinski definition) is 3. The lowest BCUT2D eigenvalue weighted by atomic mass is 9.92. The van der Waals surface area contributed by atoms with Crippen LogP contribution >= 0.6 is 0 Å². The molecule has 1 aliphatic carbocycles. The fourth-order valence-electron chi connectivity index (χ4n) is 3.23. The fraction of sp³-hybridized carbons (Fsp3) is 0.190. The highest BCUT2D eigenvalue weighted by Crippen LogP contribution is 2.32. The second-order valence-corrected chi connectivity index (χ2v) is 6.15. The van der Waals surface area contributed by atoms with Crippen LogP contribution in [-0.4, -0.2) is 15.9 Å². The average molecular weight is 329 g/mol. The van der Waals surface area contributed by atoms with E-state index in [9.17, 15) is 4.79 Å². The summed E-state index contributed by atoms with van der Waals surface area (Å²) < 4.78 is 0. The third-order valence-electron chi connectivity index (χ3n) is 4.55. The van der Waals surface area contributed by atoms with Crippen LogP contribution in [0.2, 0.25) is 0 Å². The minimum absolute atomic E-state index is 0.152. The van der Waals surface area contributed by atoms with E-state index >= 15 is 0 Å². The number of benzene rings is 2. The van der Waals surface area contributed by atoms with Crippen LogP contribution in [0.3, 0.4) is 0 Å². The molecule has 1 aromatic heterocycles. The zero-order chi connectivity index (χ0) is 17.2. The van der Waals surface area contributed by atoms with E-state index in [-0.39, 0.29) is 5.91 Å². The van der Waals surface area contributed by atoms with E-state index in [1.54, 1.807) is 12.1 Å². The third kappa shape index (κ3) is 2.91. The van der Waals surface area contributed by atoms with Gasteiger partial charge >= 0.3 is 0 Å². The van der Waals surface area contributed by atoms with Crippen LogP contribution in [0.1, 0.15) is 34.2 Å².